The molecule has 0 aliphatic carbocycles. The predicted molar refractivity (Wildman–Crippen MR) is 41.7 cm³/mol. The van der Waals surface area contributed by atoms with E-state index in [2.05, 4.69) is 6.58 Å². The zero-order valence-electron chi connectivity index (χ0n) is 5.87. The van der Waals surface area contributed by atoms with Gasteiger partial charge in [0.2, 0.25) is 0 Å². The predicted octanol–water partition coefficient (Wildman–Crippen LogP) is 1.34. The highest BCUT2D eigenvalue weighted by atomic mass is 16.1. The molecule has 2 heteroatoms. The van der Waals surface area contributed by atoms with Crippen molar-refractivity contribution in [1.29, 1.82) is 0 Å². The molecule has 10 heavy (non-hydrogen) atoms. The Morgan fingerprint density at radius 3 is 2.70 bits per heavy atom. The van der Waals surface area contributed by atoms with Gasteiger partial charge in [0, 0.05) is 18.0 Å². The van der Waals surface area contributed by atoms with Crippen LogP contribution in [0.3, 0.4) is 0 Å². The van der Waals surface area contributed by atoms with E-state index in [-0.39, 0.29) is 5.56 Å². The van der Waals surface area contributed by atoms with Crippen molar-refractivity contribution >= 4 is 5.70 Å². The van der Waals surface area contributed by atoms with Crippen LogP contribution in [0.4, 0.5) is 0 Å². The summed E-state index contributed by atoms with van der Waals surface area (Å²) in [6, 6.07) is 5.02. The van der Waals surface area contributed by atoms with Gasteiger partial charge in [-0.25, -0.2) is 0 Å². The molecule has 52 valence electrons. The van der Waals surface area contributed by atoms with Crippen molar-refractivity contribution in [2.45, 2.75) is 6.92 Å². The first-order valence-corrected chi connectivity index (χ1v) is 3.05. The van der Waals surface area contributed by atoms with Gasteiger partial charge in [0.15, 0.2) is 0 Å². The number of allylic oxidation sites excluding steroid dienone is 1. The molecule has 0 N–H and O–H groups in total. The highest BCUT2D eigenvalue weighted by molar-refractivity contribution is 5.37. The van der Waals surface area contributed by atoms with Crippen LogP contribution < -0.4 is 5.56 Å². The molecule has 1 rings (SSSR count). The summed E-state index contributed by atoms with van der Waals surface area (Å²) >= 11 is 0. The number of hydrogen-bond donors (Lipinski definition) is 0. The van der Waals surface area contributed by atoms with E-state index in [1.807, 2.05) is 0 Å². The van der Waals surface area contributed by atoms with E-state index in [9.17, 15) is 4.79 Å². The molecule has 0 saturated carbocycles. The maximum Gasteiger partial charge on any atom is 0.254 e. The lowest BCUT2D eigenvalue weighted by Gasteiger charge is -2.00. The monoisotopic (exact) mass is 135 g/mol. The summed E-state index contributed by atoms with van der Waals surface area (Å²) in [7, 11) is 0. The second-order valence-corrected chi connectivity index (χ2v) is 2.14. The summed E-state index contributed by atoms with van der Waals surface area (Å²) in [6.07, 6.45) is 1.70. The molecule has 0 fully saturated rings. The molecule has 0 saturated heterocycles. The Bertz CT molecular complexity index is 298. The zero-order valence-corrected chi connectivity index (χ0v) is 5.87. The van der Waals surface area contributed by atoms with Crippen molar-refractivity contribution in [2.75, 3.05) is 0 Å². The Hall–Kier alpha value is -1.31. The third kappa shape index (κ3) is 1.16. The van der Waals surface area contributed by atoms with Gasteiger partial charge in [-0.3, -0.25) is 9.36 Å². The van der Waals surface area contributed by atoms with E-state index in [1.165, 1.54) is 10.6 Å². The zero-order chi connectivity index (χ0) is 7.56. The minimum absolute atomic E-state index is 0.0324. The first-order chi connectivity index (χ1) is 4.72. The van der Waals surface area contributed by atoms with Crippen LogP contribution in [-0.4, -0.2) is 4.57 Å². The third-order valence-corrected chi connectivity index (χ3v) is 1.23. The van der Waals surface area contributed by atoms with Crippen LogP contribution in [0.2, 0.25) is 0 Å². The Labute approximate surface area is 59.4 Å². The van der Waals surface area contributed by atoms with Gasteiger partial charge in [-0.2, -0.15) is 0 Å². The molecular weight excluding hydrogens is 126 g/mol. The average molecular weight is 135 g/mol. The number of hydrogen-bond acceptors (Lipinski definition) is 1. The molecule has 0 bridgehead atoms. The Morgan fingerprint density at radius 2 is 2.30 bits per heavy atom. The smallest absolute Gasteiger partial charge is 0.254 e. The van der Waals surface area contributed by atoms with E-state index in [0.717, 1.165) is 5.70 Å². The Balaban J connectivity index is 3.29. The van der Waals surface area contributed by atoms with Crippen LogP contribution in [0.5, 0.6) is 0 Å². The summed E-state index contributed by atoms with van der Waals surface area (Å²) in [4.78, 5) is 11.0. The van der Waals surface area contributed by atoms with E-state index < -0.39 is 0 Å². The third-order valence-electron chi connectivity index (χ3n) is 1.23. The van der Waals surface area contributed by atoms with Crippen molar-refractivity contribution in [1.82, 2.24) is 4.57 Å². The van der Waals surface area contributed by atoms with Gasteiger partial charge >= 0.3 is 0 Å². The lowest BCUT2D eigenvalue weighted by molar-refractivity contribution is 1.01. The van der Waals surface area contributed by atoms with Gasteiger partial charge in [-0.15, -0.1) is 0 Å². The standard InChI is InChI=1S/C8H9NO/c1-7(2)9-6-4-3-5-8(9)10/h3-6H,1H2,2H3. The quantitative estimate of drug-likeness (QED) is 0.569. The van der Waals surface area contributed by atoms with Crippen LogP contribution in [0.1, 0.15) is 6.92 Å². The molecule has 2 nitrogen and oxygen atoms in total. The van der Waals surface area contributed by atoms with Crippen molar-refractivity contribution in [3.8, 4) is 0 Å². The van der Waals surface area contributed by atoms with E-state index in [1.54, 1.807) is 25.3 Å². The molecule has 1 aromatic rings. The summed E-state index contributed by atoms with van der Waals surface area (Å²) < 4.78 is 1.50. The summed E-state index contributed by atoms with van der Waals surface area (Å²) in [6.45, 7) is 5.44. The Kier molecular flexibility index (Phi) is 1.71. The summed E-state index contributed by atoms with van der Waals surface area (Å²) in [5.41, 5.74) is 0.709. The molecule has 0 aliphatic heterocycles. The Morgan fingerprint density at radius 1 is 1.60 bits per heavy atom. The first-order valence-electron chi connectivity index (χ1n) is 3.05. The van der Waals surface area contributed by atoms with Gasteiger partial charge in [0.05, 0.1) is 0 Å². The van der Waals surface area contributed by atoms with Crippen LogP contribution in [0, 0.1) is 0 Å². The molecule has 0 unspecified atom stereocenters. The molecule has 0 aromatic carbocycles. The molecule has 0 aliphatic rings. The fourth-order valence-electron chi connectivity index (χ4n) is 0.743. The molecule has 0 radical (unpaired) electrons. The van der Waals surface area contributed by atoms with Crippen molar-refractivity contribution < 1.29 is 0 Å². The van der Waals surface area contributed by atoms with Crippen LogP contribution in [-0.2, 0) is 0 Å². The molecule has 0 amide bonds. The number of aromatic nitrogens is 1. The molecule has 0 atom stereocenters. The largest absolute Gasteiger partial charge is 0.289 e. The van der Waals surface area contributed by atoms with Gasteiger partial charge in [0.25, 0.3) is 5.56 Å². The molecule has 1 heterocycles. The summed E-state index contributed by atoms with van der Waals surface area (Å²) in [5, 5.41) is 0. The molecule has 1 aromatic heterocycles. The first kappa shape index (κ1) is 6.81. The average Bonchev–Trinajstić information content (AvgIpc) is 1.88. The minimum atomic E-state index is -0.0324. The summed E-state index contributed by atoms with van der Waals surface area (Å²) in [5.74, 6) is 0. The maximum absolute atomic E-state index is 11.0. The maximum atomic E-state index is 11.0. The van der Waals surface area contributed by atoms with E-state index in [0.29, 0.717) is 0 Å². The van der Waals surface area contributed by atoms with E-state index >= 15 is 0 Å². The molecule has 0 spiro atoms. The van der Waals surface area contributed by atoms with Crippen molar-refractivity contribution in [3.05, 3.63) is 41.3 Å². The molecular formula is C8H9NO. The van der Waals surface area contributed by atoms with E-state index in [4.69, 9.17) is 0 Å². The second-order valence-electron chi connectivity index (χ2n) is 2.14. The second kappa shape index (κ2) is 2.52. The highest BCUT2D eigenvalue weighted by Crippen LogP contribution is 1.92. The highest BCUT2D eigenvalue weighted by Gasteiger charge is 1.90. The lowest BCUT2D eigenvalue weighted by atomic mass is 10.4. The topological polar surface area (TPSA) is 22.0 Å². The minimum Gasteiger partial charge on any atom is -0.289 e. The van der Waals surface area contributed by atoms with Crippen molar-refractivity contribution in [3.63, 3.8) is 0 Å². The van der Waals surface area contributed by atoms with Gasteiger partial charge in [-0.05, 0) is 13.0 Å². The van der Waals surface area contributed by atoms with Crippen LogP contribution in [0.25, 0.3) is 5.70 Å². The fourth-order valence-corrected chi connectivity index (χ4v) is 0.743. The van der Waals surface area contributed by atoms with Crippen molar-refractivity contribution in [2.24, 2.45) is 0 Å². The van der Waals surface area contributed by atoms with Gasteiger partial charge in [-0.1, -0.05) is 12.6 Å². The van der Waals surface area contributed by atoms with Gasteiger partial charge in [0.1, 0.15) is 0 Å². The van der Waals surface area contributed by atoms with Gasteiger partial charge < -0.3 is 0 Å². The number of rotatable bonds is 1. The van der Waals surface area contributed by atoms with Crippen LogP contribution >= 0.6 is 0 Å². The lowest BCUT2D eigenvalue weighted by Crippen LogP contribution is -2.14. The van der Waals surface area contributed by atoms with Crippen LogP contribution in [0.15, 0.2) is 35.8 Å². The fraction of sp³-hybridized carbons (Fsp3) is 0.125. The normalized spacial score (nSPS) is 9.30. The number of pyridine rings is 1. The SMILES string of the molecule is C=C(C)n1ccccc1=O. The number of nitrogens with zero attached hydrogens (tertiary/aromatic N) is 1.